The van der Waals surface area contributed by atoms with Crippen LogP contribution in [-0.2, 0) is 9.53 Å². The number of ether oxygens (including phenoxy) is 2. The average Bonchev–Trinajstić information content (AvgIpc) is 2.37. The fraction of sp³-hybridized carbons (Fsp3) is 0.429. The molecule has 5 nitrogen and oxygen atoms in total. The van der Waals surface area contributed by atoms with Gasteiger partial charge in [-0.15, -0.1) is 0 Å². The molecule has 1 rings (SSSR count). The molecule has 104 valence electrons. The molecule has 0 aliphatic heterocycles. The monoisotopic (exact) mass is 265 g/mol. The number of amides is 1. The number of hydrogen-bond donors (Lipinski definition) is 1. The lowest BCUT2D eigenvalue weighted by Gasteiger charge is -2.09. The predicted octanol–water partition coefficient (Wildman–Crippen LogP) is 1.77. The first-order valence-electron chi connectivity index (χ1n) is 6.14. The quantitative estimate of drug-likeness (QED) is 0.796. The Balaban J connectivity index is 2.40. The Morgan fingerprint density at radius 1 is 1.32 bits per heavy atom. The van der Waals surface area contributed by atoms with Crippen molar-refractivity contribution >= 4 is 11.9 Å². The number of carbonyl (C=O) groups is 2. The molecule has 0 saturated carbocycles. The van der Waals surface area contributed by atoms with Crippen molar-refractivity contribution in [3.63, 3.8) is 0 Å². The van der Waals surface area contributed by atoms with Gasteiger partial charge in [-0.05, 0) is 32.0 Å². The maximum atomic E-state index is 11.8. The van der Waals surface area contributed by atoms with E-state index in [1.807, 2.05) is 0 Å². The molecule has 0 atom stereocenters. The zero-order valence-corrected chi connectivity index (χ0v) is 11.4. The Morgan fingerprint density at radius 3 is 2.68 bits per heavy atom. The van der Waals surface area contributed by atoms with Crippen LogP contribution in [0, 0.1) is 0 Å². The van der Waals surface area contributed by atoms with Crippen molar-refractivity contribution in [3.8, 4) is 5.75 Å². The second-order valence-electron chi connectivity index (χ2n) is 4.28. The number of rotatable bonds is 6. The number of benzene rings is 1. The SMILES string of the molecule is COc1cccc(C(=O)NCCC(=O)OC(C)C)c1. The molecule has 0 aliphatic carbocycles. The number of esters is 1. The minimum absolute atomic E-state index is 0.137. The van der Waals surface area contributed by atoms with Crippen LogP contribution in [0.2, 0.25) is 0 Å². The largest absolute Gasteiger partial charge is 0.497 e. The zero-order chi connectivity index (χ0) is 14.3. The average molecular weight is 265 g/mol. The Bertz CT molecular complexity index is 443. The summed E-state index contributed by atoms with van der Waals surface area (Å²) in [5.74, 6) is 0.0593. The molecular formula is C14H19NO4. The highest BCUT2D eigenvalue weighted by Gasteiger charge is 2.09. The van der Waals surface area contributed by atoms with Gasteiger partial charge in [-0.2, -0.15) is 0 Å². The second-order valence-corrected chi connectivity index (χ2v) is 4.28. The van der Waals surface area contributed by atoms with Gasteiger partial charge in [0, 0.05) is 12.1 Å². The van der Waals surface area contributed by atoms with Crippen molar-refractivity contribution in [1.29, 1.82) is 0 Å². The van der Waals surface area contributed by atoms with E-state index in [9.17, 15) is 9.59 Å². The molecule has 1 aromatic rings. The van der Waals surface area contributed by atoms with E-state index in [1.165, 1.54) is 0 Å². The van der Waals surface area contributed by atoms with Gasteiger partial charge < -0.3 is 14.8 Å². The summed E-state index contributed by atoms with van der Waals surface area (Å²) in [7, 11) is 1.54. The highest BCUT2D eigenvalue weighted by Crippen LogP contribution is 2.12. The Morgan fingerprint density at radius 2 is 2.05 bits per heavy atom. The Kier molecular flexibility index (Phi) is 5.85. The molecule has 5 heteroatoms. The molecule has 0 fully saturated rings. The molecule has 0 saturated heterocycles. The highest BCUT2D eigenvalue weighted by molar-refractivity contribution is 5.94. The highest BCUT2D eigenvalue weighted by atomic mass is 16.5. The lowest BCUT2D eigenvalue weighted by Crippen LogP contribution is -2.27. The van der Waals surface area contributed by atoms with Crippen LogP contribution in [0.1, 0.15) is 30.6 Å². The van der Waals surface area contributed by atoms with Crippen LogP contribution in [0.15, 0.2) is 24.3 Å². The third-order valence-electron chi connectivity index (χ3n) is 2.31. The molecule has 0 heterocycles. The fourth-order valence-electron chi connectivity index (χ4n) is 1.47. The number of carbonyl (C=O) groups excluding carboxylic acids is 2. The normalized spacial score (nSPS) is 10.1. The Hall–Kier alpha value is -2.04. The fourth-order valence-corrected chi connectivity index (χ4v) is 1.47. The summed E-state index contributed by atoms with van der Waals surface area (Å²) in [6.45, 7) is 3.82. The van der Waals surface area contributed by atoms with Gasteiger partial charge in [-0.3, -0.25) is 9.59 Å². The van der Waals surface area contributed by atoms with Gasteiger partial charge in [0.2, 0.25) is 0 Å². The number of nitrogens with one attached hydrogen (secondary N) is 1. The third kappa shape index (κ3) is 5.42. The molecule has 0 bridgehead atoms. The maximum Gasteiger partial charge on any atom is 0.307 e. The third-order valence-corrected chi connectivity index (χ3v) is 2.31. The molecule has 19 heavy (non-hydrogen) atoms. The molecule has 0 unspecified atom stereocenters. The molecule has 1 N–H and O–H groups in total. The first-order chi connectivity index (χ1) is 9.02. The maximum absolute atomic E-state index is 11.8. The van der Waals surface area contributed by atoms with Gasteiger partial charge in [-0.1, -0.05) is 6.07 Å². The van der Waals surface area contributed by atoms with Crippen molar-refractivity contribution in [2.75, 3.05) is 13.7 Å². The van der Waals surface area contributed by atoms with Crippen molar-refractivity contribution < 1.29 is 19.1 Å². The van der Waals surface area contributed by atoms with E-state index in [-0.39, 0.29) is 30.9 Å². The van der Waals surface area contributed by atoms with E-state index in [1.54, 1.807) is 45.2 Å². The van der Waals surface area contributed by atoms with E-state index in [4.69, 9.17) is 9.47 Å². The number of methoxy groups -OCH3 is 1. The smallest absolute Gasteiger partial charge is 0.307 e. The van der Waals surface area contributed by atoms with Gasteiger partial charge >= 0.3 is 5.97 Å². The van der Waals surface area contributed by atoms with Crippen LogP contribution in [-0.4, -0.2) is 31.6 Å². The topological polar surface area (TPSA) is 64.6 Å². The van der Waals surface area contributed by atoms with Crippen molar-refractivity contribution in [2.45, 2.75) is 26.4 Å². The van der Waals surface area contributed by atoms with Crippen molar-refractivity contribution in [1.82, 2.24) is 5.32 Å². The molecular weight excluding hydrogens is 246 g/mol. The minimum Gasteiger partial charge on any atom is -0.497 e. The van der Waals surface area contributed by atoms with E-state index >= 15 is 0 Å². The van der Waals surface area contributed by atoms with Gasteiger partial charge in [0.25, 0.3) is 5.91 Å². The summed E-state index contributed by atoms with van der Waals surface area (Å²) in [4.78, 5) is 23.1. The molecule has 1 amide bonds. The van der Waals surface area contributed by atoms with Crippen LogP contribution in [0.4, 0.5) is 0 Å². The standard InChI is InChI=1S/C14H19NO4/c1-10(2)19-13(16)7-8-15-14(17)11-5-4-6-12(9-11)18-3/h4-6,9-10H,7-8H2,1-3H3,(H,15,17). The summed E-state index contributed by atoms with van der Waals surface area (Å²) in [5.41, 5.74) is 0.497. The lowest BCUT2D eigenvalue weighted by atomic mass is 10.2. The zero-order valence-electron chi connectivity index (χ0n) is 11.4. The molecule has 0 aromatic heterocycles. The van der Waals surface area contributed by atoms with Crippen LogP contribution in [0.5, 0.6) is 5.75 Å². The van der Waals surface area contributed by atoms with Crippen LogP contribution in [0.25, 0.3) is 0 Å². The van der Waals surface area contributed by atoms with E-state index in [0.29, 0.717) is 11.3 Å². The summed E-state index contributed by atoms with van der Waals surface area (Å²) in [5, 5.41) is 2.66. The molecule has 0 radical (unpaired) electrons. The van der Waals surface area contributed by atoms with Crippen molar-refractivity contribution in [3.05, 3.63) is 29.8 Å². The summed E-state index contributed by atoms with van der Waals surface area (Å²) in [6.07, 6.45) is 0.0232. The van der Waals surface area contributed by atoms with Gasteiger partial charge in [0.05, 0.1) is 19.6 Å². The van der Waals surface area contributed by atoms with E-state index in [0.717, 1.165) is 0 Å². The van der Waals surface area contributed by atoms with Crippen LogP contribution >= 0.6 is 0 Å². The van der Waals surface area contributed by atoms with Gasteiger partial charge in [0.1, 0.15) is 5.75 Å². The first kappa shape index (κ1) is 15.0. The molecule has 0 aliphatic rings. The summed E-state index contributed by atoms with van der Waals surface area (Å²) >= 11 is 0. The van der Waals surface area contributed by atoms with Gasteiger partial charge in [0.15, 0.2) is 0 Å². The van der Waals surface area contributed by atoms with E-state index < -0.39 is 0 Å². The van der Waals surface area contributed by atoms with E-state index in [2.05, 4.69) is 5.32 Å². The van der Waals surface area contributed by atoms with Gasteiger partial charge in [-0.25, -0.2) is 0 Å². The molecule has 1 aromatic carbocycles. The second kappa shape index (κ2) is 7.41. The number of hydrogen-bond acceptors (Lipinski definition) is 4. The molecule has 0 spiro atoms. The predicted molar refractivity (Wildman–Crippen MR) is 71.2 cm³/mol. The lowest BCUT2D eigenvalue weighted by molar-refractivity contribution is -0.147. The minimum atomic E-state index is -0.319. The summed E-state index contributed by atoms with van der Waals surface area (Å²) < 4.78 is 10.0. The Labute approximate surface area is 112 Å². The van der Waals surface area contributed by atoms with Crippen LogP contribution in [0.3, 0.4) is 0 Å². The summed E-state index contributed by atoms with van der Waals surface area (Å²) in [6, 6.07) is 6.82. The van der Waals surface area contributed by atoms with Crippen molar-refractivity contribution in [2.24, 2.45) is 0 Å². The van der Waals surface area contributed by atoms with Crippen LogP contribution < -0.4 is 10.1 Å². The first-order valence-corrected chi connectivity index (χ1v) is 6.14.